The molecular weight excluding hydrogens is 438 g/mol. The average Bonchev–Trinajstić information content (AvgIpc) is 3.12. The molecule has 1 aliphatic heterocycles. The Kier molecular flexibility index (Phi) is 7.64. The molecule has 1 N–H and O–H groups in total. The van der Waals surface area contributed by atoms with Crippen LogP contribution >= 0.6 is 0 Å². The molecule has 1 heterocycles. The average molecular weight is 478 g/mol. The summed E-state index contributed by atoms with van der Waals surface area (Å²) in [6.45, 7) is 16.8. The summed E-state index contributed by atoms with van der Waals surface area (Å²) in [5, 5.41) is 10.4. The van der Waals surface area contributed by atoms with Gasteiger partial charge in [0, 0.05) is 0 Å². The predicted octanol–water partition coefficient (Wildman–Crippen LogP) is 6.49. The minimum atomic E-state index is -1.65. The Labute approximate surface area is 194 Å². The van der Waals surface area contributed by atoms with Crippen LogP contribution in [-0.2, 0) is 6.54 Å². The van der Waals surface area contributed by atoms with Crippen molar-refractivity contribution in [1.29, 1.82) is 0 Å². The van der Waals surface area contributed by atoms with Crippen molar-refractivity contribution in [3.8, 4) is 5.75 Å². The molecule has 0 spiro atoms. The number of rotatable bonds is 7. The summed E-state index contributed by atoms with van der Waals surface area (Å²) in [5.74, 6) is 1.91. The van der Waals surface area contributed by atoms with Crippen molar-refractivity contribution in [1.82, 2.24) is 0 Å². The molecule has 166 valence electrons. The van der Waals surface area contributed by atoms with Crippen molar-refractivity contribution in [2.75, 3.05) is 18.0 Å². The summed E-state index contributed by atoms with van der Waals surface area (Å²) in [6.07, 6.45) is 0. The number of phenolic OH excluding ortho intramolecular Hbond substituents is 1. The van der Waals surface area contributed by atoms with Gasteiger partial charge in [0.25, 0.3) is 0 Å². The van der Waals surface area contributed by atoms with Crippen molar-refractivity contribution in [3.63, 3.8) is 0 Å². The first-order chi connectivity index (χ1) is 14.6. The van der Waals surface area contributed by atoms with E-state index in [0.717, 1.165) is 25.2 Å². The summed E-state index contributed by atoms with van der Waals surface area (Å²) in [7, 11) is 0. The van der Waals surface area contributed by atoms with E-state index in [4.69, 9.17) is 0 Å². The summed E-state index contributed by atoms with van der Waals surface area (Å²) >= 11 is -1.65. The molecule has 0 unspecified atom stereocenters. The molecule has 2 aromatic rings. The SMILES string of the molecule is CC(C)c1cc(C(C)C)c(N2CC[N+](Cc3ccccc3O)=[C]2[Ga]([CH3])[CH3])c(C(C)C)c1. The predicted molar refractivity (Wildman–Crippen MR) is 135 cm³/mol. The second kappa shape index (κ2) is 9.87. The molecule has 4 heteroatoms. The number of aromatic hydroxyl groups is 1. The van der Waals surface area contributed by atoms with Gasteiger partial charge in [-0.2, -0.15) is 0 Å². The molecule has 3 nitrogen and oxygen atoms in total. The quantitative estimate of drug-likeness (QED) is 0.364. The number of benzene rings is 2. The zero-order valence-corrected chi connectivity index (χ0v) is 23.2. The van der Waals surface area contributed by atoms with Gasteiger partial charge in [-0.15, -0.1) is 0 Å². The molecule has 0 aromatic heterocycles. The minimum absolute atomic E-state index is 0.406. The van der Waals surface area contributed by atoms with Crippen LogP contribution in [0.1, 0.15) is 81.5 Å². The van der Waals surface area contributed by atoms with Crippen molar-refractivity contribution >= 4 is 26.3 Å². The Hall–Kier alpha value is -1.65. The van der Waals surface area contributed by atoms with Crippen LogP contribution in [0, 0.1) is 0 Å². The number of hydrogen-bond acceptors (Lipinski definition) is 2. The Balaban J connectivity index is 2.17. The molecular formula is C27H40GaN2O+. The van der Waals surface area contributed by atoms with Gasteiger partial charge in [-0.05, 0) is 0 Å². The van der Waals surface area contributed by atoms with E-state index >= 15 is 0 Å². The van der Waals surface area contributed by atoms with E-state index in [1.54, 1.807) is 10.5 Å². The maximum atomic E-state index is 10.4. The van der Waals surface area contributed by atoms with Gasteiger partial charge >= 0.3 is 195 Å². The third-order valence-electron chi connectivity index (χ3n) is 6.44. The fourth-order valence-electron chi connectivity index (χ4n) is 4.76. The molecule has 0 saturated heterocycles. The van der Waals surface area contributed by atoms with Crippen molar-refractivity contribution in [2.45, 2.75) is 76.8 Å². The molecule has 0 aliphatic carbocycles. The summed E-state index contributed by atoms with van der Waals surface area (Å²) in [6, 6.07) is 12.7. The van der Waals surface area contributed by atoms with Crippen LogP contribution in [0.3, 0.4) is 0 Å². The van der Waals surface area contributed by atoms with E-state index in [1.165, 1.54) is 22.4 Å². The van der Waals surface area contributed by atoms with Crippen LogP contribution in [0.2, 0.25) is 11.0 Å². The van der Waals surface area contributed by atoms with Crippen LogP contribution in [-0.4, -0.2) is 43.4 Å². The second-order valence-electron chi connectivity index (χ2n) is 10.2. The van der Waals surface area contributed by atoms with E-state index < -0.39 is 16.2 Å². The monoisotopic (exact) mass is 477 g/mol. The van der Waals surface area contributed by atoms with Crippen LogP contribution in [0.15, 0.2) is 36.4 Å². The second-order valence-corrected chi connectivity index (χ2v) is 16.2. The number of hydrogen-bond donors (Lipinski definition) is 1. The standard InChI is InChI=1S/C25H34N2O.2CH3.Ga/c1-17(2)21-13-22(18(3)4)25(23(14-21)19(5)6)27-12-11-26(16-27)15-20-9-7-8-10-24(20)28;;;/h7-10,13-14,17-19,28H,11-12,15H2,1-6H3;2*1H3;/q+1;;;. The fraction of sp³-hybridized carbons (Fsp3) is 0.519. The first-order valence-corrected chi connectivity index (χ1v) is 18.0. The number of anilines is 1. The van der Waals surface area contributed by atoms with Crippen LogP contribution in [0.4, 0.5) is 5.69 Å². The normalized spacial score (nSPS) is 14.5. The molecule has 31 heavy (non-hydrogen) atoms. The van der Waals surface area contributed by atoms with Crippen molar-refractivity contribution in [2.24, 2.45) is 0 Å². The Morgan fingerprint density at radius 3 is 2.00 bits per heavy atom. The van der Waals surface area contributed by atoms with Crippen LogP contribution < -0.4 is 4.90 Å². The molecule has 0 atom stereocenters. The molecule has 0 bridgehead atoms. The first kappa shape index (κ1) is 24.0. The third-order valence-corrected chi connectivity index (χ3v) is 10.0. The fourth-order valence-corrected chi connectivity index (χ4v) is 8.61. The van der Waals surface area contributed by atoms with Gasteiger partial charge in [-0.25, -0.2) is 0 Å². The zero-order chi connectivity index (χ0) is 22.9. The summed E-state index contributed by atoms with van der Waals surface area (Å²) < 4.78 is 4.10. The number of nitrogens with zero attached hydrogens (tertiary/aromatic N) is 2. The van der Waals surface area contributed by atoms with Crippen LogP contribution in [0.25, 0.3) is 0 Å². The first-order valence-electron chi connectivity index (χ1n) is 12.0. The molecule has 1 aliphatic rings. The molecule has 0 fully saturated rings. The summed E-state index contributed by atoms with van der Waals surface area (Å²) in [5.41, 5.74) is 11.9. The van der Waals surface area contributed by atoms with E-state index in [2.05, 4.69) is 80.2 Å². The van der Waals surface area contributed by atoms with E-state index in [0.29, 0.717) is 23.5 Å². The van der Waals surface area contributed by atoms with E-state index in [1.807, 2.05) is 12.1 Å². The number of para-hydroxylation sites is 1. The molecule has 0 radical (unpaired) electrons. The van der Waals surface area contributed by atoms with Gasteiger partial charge in [0.2, 0.25) is 0 Å². The van der Waals surface area contributed by atoms with Gasteiger partial charge in [0.1, 0.15) is 0 Å². The van der Waals surface area contributed by atoms with E-state index in [-0.39, 0.29) is 0 Å². The van der Waals surface area contributed by atoms with Gasteiger partial charge in [-0.3, -0.25) is 0 Å². The molecule has 0 saturated carbocycles. The zero-order valence-electron chi connectivity index (χ0n) is 20.7. The van der Waals surface area contributed by atoms with Gasteiger partial charge in [0.15, 0.2) is 0 Å². The Morgan fingerprint density at radius 2 is 1.52 bits per heavy atom. The topological polar surface area (TPSA) is 26.5 Å². The van der Waals surface area contributed by atoms with Crippen molar-refractivity contribution < 1.29 is 9.68 Å². The van der Waals surface area contributed by atoms with Crippen molar-refractivity contribution in [3.05, 3.63) is 58.7 Å². The molecule has 3 rings (SSSR count). The van der Waals surface area contributed by atoms with Gasteiger partial charge in [0.05, 0.1) is 0 Å². The number of amidine groups is 1. The summed E-state index contributed by atoms with van der Waals surface area (Å²) in [4.78, 5) is 2.67. The van der Waals surface area contributed by atoms with Gasteiger partial charge < -0.3 is 0 Å². The Morgan fingerprint density at radius 1 is 0.935 bits per heavy atom. The van der Waals surface area contributed by atoms with E-state index in [9.17, 15) is 5.11 Å². The molecule has 2 aromatic carbocycles. The number of phenols is 1. The van der Waals surface area contributed by atoms with Crippen LogP contribution in [0.5, 0.6) is 5.75 Å². The molecule has 0 amide bonds. The maximum absolute atomic E-state index is 10.4. The van der Waals surface area contributed by atoms with Gasteiger partial charge in [-0.1, -0.05) is 0 Å². The Bertz CT molecular complexity index is 930. The third kappa shape index (κ3) is 5.06.